The number of nitrogens with zero attached hydrogens (tertiary/aromatic N) is 1. The second-order valence-corrected chi connectivity index (χ2v) is 5.77. The van der Waals surface area contributed by atoms with Gasteiger partial charge >= 0.3 is 0 Å². The van der Waals surface area contributed by atoms with Crippen molar-refractivity contribution in [2.75, 3.05) is 20.1 Å². The molecule has 0 radical (unpaired) electrons. The number of carbonyl (C=O) groups is 1. The Balaban J connectivity index is 1.89. The SMILES string of the molecule is CCNC(=NCc1ccc(C(=O)NC)cc1)NCCc1ccc(F)cc1. The Morgan fingerprint density at radius 2 is 1.65 bits per heavy atom. The molecule has 0 unspecified atom stereocenters. The Morgan fingerprint density at radius 3 is 2.27 bits per heavy atom. The fourth-order valence-corrected chi connectivity index (χ4v) is 2.39. The van der Waals surface area contributed by atoms with E-state index in [1.54, 1.807) is 31.3 Å². The van der Waals surface area contributed by atoms with Crippen molar-refractivity contribution in [2.24, 2.45) is 4.99 Å². The molecule has 2 aromatic rings. The van der Waals surface area contributed by atoms with Crippen LogP contribution in [0.3, 0.4) is 0 Å². The second kappa shape index (κ2) is 10.2. The molecule has 0 bridgehead atoms. The number of rotatable bonds is 7. The average Bonchev–Trinajstić information content (AvgIpc) is 2.67. The van der Waals surface area contributed by atoms with Gasteiger partial charge in [0.15, 0.2) is 5.96 Å². The molecule has 26 heavy (non-hydrogen) atoms. The van der Waals surface area contributed by atoms with E-state index in [9.17, 15) is 9.18 Å². The van der Waals surface area contributed by atoms with E-state index in [4.69, 9.17) is 0 Å². The maximum atomic E-state index is 12.9. The van der Waals surface area contributed by atoms with E-state index in [1.165, 1.54) is 12.1 Å². The Labute approximate surface area is 153 Å². The first-order valence-electron chi connectivity index (χ1n) is 8.70. The summed E-state index contributed by atoms with van der Waals surface area (Å²) in [4.78, 5) is 16.1. The highest BCUT2D eigenvalue weighted by Gasteiger charge is 2.03. The van der Waals surface area contributed by atoms with Crippen molar-refractivity contribution >= 4 is 11.9 Å². The van der Waals surface area contributed by atoms with E-state index in [0.717, 1.165) is 30.1 Å². The zero-order valence-corrected chi connectivity index (χ0v) is 15.2. The van der Waals surface area contributed by atoms with Gasteiger partial charge < -0.3 is 16.0 Å². The number of carbonyl (C=O) groups excluding carboxylic acids is 1. The molecule has 0 heterocycles. The second-order valence-electron chi connectivity index (χ2n) is 5.77. The van der Waals surface area contributed by atoms with Crippen molar-refractivity contribution in [3.63, 3.8) is 0 Å². The van der Waals surface area contributed by atoms with E-state index < -0.39 is 0 Å². The highest BCUT2D eigenvalue weighted by Crippen LogP contribution is 2.06. The summed E-state index contributed by atoms with van der Waals surface area (Å²) in [5.74, 6) is 0.403. The van der Waals surface area contributed by atoms with E-state index in [-0.39, 0.29) is 11.7 Å². The van der Waals surface area contributed by atoms with Crippen LogP contribution in [0.25, 0.3) is 0 Å². The van der Waals surface area contributed by atoms with E-state index in [0.29, 0.717) is 18.7 Å². The first-order valence-corrected chi connectivity index (χ1v) is 8.70. The van der Waals surface area contributed by atoms with Gasteiger partial charge in [-0.2, -0.15) is 0 Å². The standard InChI is InChI=1S/C20H25FN4O/c1-3-23-20(24-13-12-15-6-10-18(21)11-7-15)25-14-16-4-8-17(9-5-16)19(26)22-2/h4-11H,3,12-14H2,1-2H3,(H,22,26)(H2,23,24,25). The van der Waals surface area contributed by atoms with Gasteiger partial charge in [-0.1, -0.05) is 24.3 Å². The molecule has 0 aliphatic heterocycles. The molecule has 2 rings (SSSR count). The van der Waals surface area contributed by atoms with Crippen LogP contribution in [-0.4, -0.2) is 32.0 Å². The van der Waals surface area contributed by atoms with Crippen LogP contribution in [0.15, 0.2) is 53.5 Å². The fraction of sp³-hybridized carbons (Fsp3) is 0.300. The monoisotopic (exact) mass is 356 g/mol. The van der Waals surface area contributed by atoms with Crippen molar-refractivity contribution in [1.29, 1.82) is 0 Å². The minimum atomic E-state index is -0.223. The third-order valence-electron chi connectivity index (χ3n) is 3.83. The van der Waals surface area contributed by atoms with Crippen molar-refractivity contribution in [3.8, 4) is 0 Å². The number of hydrogen-bond donors (Lipinski definition) is 3. The maximum absolute atomic E-state index is 12.9. The summed E-state index contributed by atoms with van der Waals surface area (Å²) in [7, 11) is 1.61. The van der Waals surface area contributed by atoms with E-state index in [1.807, 2.05) is 19.1 Å². The lowest BCUT2D eigenvalue weighted by Gasteiger charge is -2.11. The topological polar surface area (TPSA) is 65.5 Å². The number of amides is 1. The minimum Gasteiger partial charge on any atom is -0.357 e. The van der Waals surface area contributed by atoms with E-state index in [2.05, 4.69) is 20.9 Å². The van der Waals surface area contributed by atoms with Crippen LogP contribution in [0.1, 0.15) is 28.4 Å². The molecule has 0 spiro atoms. The van der Waals surface area contributed by atoms with E-state index >= 15 is 0 Å². The minimum absolute atomic E-state index is 0.101. The molecule has 0 aliphatic carbocycles. The highest BCUT2D eigenvalue weighted by molar-refractivity contribution is 5.93. The lowest BCUT2D eigenvalue weighted by Crippen LogP contribution is -2.38. The molecular formula is C20H25FN4O. The average molecular weight is 356 g/mol. The quantitative estimate of drug-likeness (QED) is 0.527. The highest BCUT2D eigenvalue weighted by atomic mass is 19.1. The van der Waals surface area contributed by atoms with Crippen LogP contribution in [0, 0.1) is 5.82 Å². The van der Waals surface area contributed by atoms with Crippen LogP contribution in [-0.2, 0) is 13.0 Å². The van der Waals surface area contributed by atoms with Crippen LogP contribution >= 0.6 is 0 Å². The Morgan fingerprint density at radius 1 is 1.00 bits per heavy atom. The number of halogens is 1. The van der Waals surface area contributed by atoms with Crippen LogP contribution < -0.4 is 16.0 Å². The first kappa shape index (κ1) is 19.4. The number of nitrogens with one attached hydrogen (secondary N) is 3. The predicted molar refractivity (Wildman–Crippen MR) is 103 cm³/mol. The van der Waals surface area contributed by atoms with Crippen LogP contribution in [0.5, 0.6) is 0 Å². The molecule has 138 valence electrons. The molecular weight excluding hydrogens is 331 g/mol. The van der Waals surface area contributed by atoms with Gasteiger partial charge in [0.1, 0.15) is 5.82 Å². The zero-order chi connectivity index (χ0) is 18.8. The summed E-state index contributed by atoms with van der Waals surface area (Å²) in [6.07, 6.45) is 0.783. The summed E-state index contributed by atoms with van der Waals surface area (Å²) in [5, 5.41) is 9.08. The molecule has 0 saturated heterocycles. The molecule has 0 fully saturated rings. The Bertz CT molecular complexity index is 726. The Hall–Kier alpha value is -2.89. The van der Waals surface area contributed by atoms with Crippen LogP contribution in [0.2, 0.25) is 0 Å². The number of hydrogen-bond acceptors (Lipinski definition) is 2. The predicted octanol–water partition coefficient (Wildman–Crippen LogP) is 2.48. The number of aliphatic imine (C=N–C) groups is 1. The van der Waals surface area contributed by atoms with Gasteiger partial charge in [-0.05, 0) is 48.7 Å². The van der Waals surface area contributed by atoms with Gasteiger partial charge in [-0.15, -0.1) is 0 Å². The van der Waals surface area contributed by atoms with Gasteiger partial charge in [0.2, 0.25) is 0 Å². The fourth-order valence-electron chi connectivity index (χ4n) is 2.39. The lowest BCUT2D eigenvalue weighted by atomic mass is 10.1. The third-order valence-corrected chi connectivity index (χ3v) is 3.83. The lowest BCUT2D eigenvalue weighted by molar-refractivity contribution is 0.0963. The molecule has 3 N–H and O–H groups in total. The molecule has 1 amide bonds. The first-order chi connectivity index (χ1) is 12.6. The normalized spacial score (nSPS) is 11.1. The smallest absolute Gasteiger partial charge is 0.251 e. The largest absolute Gasteiger partial charge is 0.357 e. The summed E-state index contributed by atoms with van der Waals surface area (Å²) < 4.78 is 12.9. The molecule has 2 aromatic carbocycles. The van der Waals surface area contributed by atoms with Crippen molar-refractivity contribution in [2.45, 2.75) is 19.9 Å². The van der Waals surface area contributed by atoms with Gasteiger partial charge in [0.25, 0.3) is 5.91 Å². The molecule has 0 aliphatic rings. The van der Waals surface area contributed by atoms with Crippen molar-refractivity contribution < 1.29 is 9.18 Å². The Kier molecular flexibility index (Phi) is 7.61. The molecule has 0 aromatic heterocycles. The summed E-state index contributed by atoms with van der Waals surface area (Å²) in [5.41, 5.74) is 2.72. The summed E-state index contributed by atoms with van der Waals surface area (Å²) >= 11 is 0. The molecule has 0 saturated carbocycles. The van der Waals surface area contributed by atoms with Gasteiger partial charge in [0.05, 0.1) is 6.54 Å². The summed E-state index contributed by atoms with van der Waals surface area (Å²) in [6, 6.07) is 13.9. The summed E-state index contributed by atoms with van der Waals surface area (Å²) in [6.45, 7) is 3.99. The molecule has 5 nitrogen and oxygen atoms in total. The van der Waals surface area contributed by atoms with Gasteiger partial charge in [-0.25, -0.2) is 9.38 Å². The maximum Gasteiger partial charge on any atom is 0.251 e. The third kappa shape index (κ3) is 6.20. The number of guanidine groups is 1. The van der Waals surface area contributed by atoms with Gasteiger partial charge in [-0.3, -0.25) is 4.79 Å². The molecule has 0 atom stereocenters. The number of benzene rings is 2. The zero-order valence-electron chi connectivity index (χ0n) is 15.2. The van der Waals surface area contributed by atoms with Crippen LogP contribution in [0.4, 0.5) is 4.39 Å². The molecule has 6 heteroatoms. The van der Waals surface area contributed by atoms with Crippen molar-refractivity contribution in [3.05, 3.63) is 71.0 Å². The van der Waals surface area contributed by atoms with Crippen molar-refractivity contribution in [1.82, 2.24) is 16.0 Å². The van der Waals surface area contributed by atoms with Gasteiger partial charge in [0, 0.05) is 25.7 Å².